The maximum Gasteiger partial charge on any atom is 0.293 e. The third-order valence-electron chi connectivity index (χ3n) is 4.32. The highest BCUT2D eigenvalue weighted by atomic mass is 32.2. The molecular formula is C16H25N3O4S. The molecule has 1 fully saturated rings. The molecule has 2 rings (SSSR count). The van der Waals surface area contributed by atoms with E-state index in [2.05, 4.69) is 17.0 Å². The quantitative estimate of drug-likeness (QED) is 0.602. The van der Waals surface area contributed by atoms with Crippen molar-refractivity contribution in [1.29, 1.82) is 0 Å². The van der Waals surface area contributed by atoms with E-state index in [0.29, 0.717) is 11.6 Å². The number of anilines is 1. The van der Waals surface area contributed by atoms with Gasteiger partial charge in [0.15, 0.2) is 0 Å². The van der Waals surface area contributed by atoms with Gasteiger partial charge in [0, 0.05) is 18.2 Å². The summed E-state index contributed by atoms with van der Waals surface area (Å²) < 4.78 is 26.9. The molecule has 1 aromatic carbocycles. The van der Waals surface area contributed by atoms with Crippen molar-refractivity contribution in [2.75, 3.05) is 5.32 Å². The average Bonchev–Trinajstić information content (AvgIpc) is 2.48. The van der Waals surface area contributed by atoms with Gasteiger partial charge in [-0.25, -0.2) is 13.1 Å². The molecular weight excluding hydrogens is 330 g/mol. The first-order valence-electron chi connectivity index (χ1n) is 8.28. The molecule has 8 heteroatoms. The smallest absolute Gasteiger partial charge is 0.293 e. The number of nitro groups is 1. The molecule has 1 aliphatic rings. The van der Waals surface area contributed by atoms with Crippen molar-refractivity contribution in [2.24, 2.45) is 5.92 Å². The Morgan fingerprint density at radius 1 is 1.25 bits per heavy atom. The average molecular weight is 355 g/mol. The van der Waals surface area contributed by atoms with Gasteiger partial charge < -0.3 is 5.32 Å². The molecule has 0 aromatic heterocycles. The minimum absolute atomic E-state index is 0.0925. The molecule has 1 aromatic rings. The standard InChI is InChI=1S/C16H25N3O4S/c1-11(2)18-24(22,23)13-8-9-15(16(10-13)19(20)21)17-14-7-5-4-6-12(14)3/h8-12,14,17-18H,4-7H2,1-3H3/t12-,14+/m1/s1. The molecule has 2 atom stereocenters. The van der Waals surface area contributed by atoms with Crippen molar-refractivity contribution in [3.8, 4) is 0 Å². The van der Waals surface area contributed by atoms with E-state index in [1.54, 1.807) is 13.8 Å². The number of benzene rings is 1. The summed E-state index contributed by atoms with van der Waals surface area (Å²) in [6.07, 6.45) is 4.34. The zero-order valence-electron chi connectivity index (χ0n) is 14.3. The normalized spacial score (nSPS) is 21.7. The first-order chi connectivity index (χ1) is 11.2. The summed E-state index contributed by atoms with van der Waals surface area (Å²) in [4.78, 5) is 10.8. The second-order valence-corrected chi connectivity index (χ2v) is 8.44. The molecule has 1 aliphatic carbocycles. The van der Waals surface area contributed by atoms with Crippen molar-refractivity contribution in [1.82, 2.24) is 4.72 Å². The highest BCUT2D eigenvalue weighted by molar-refractivity contribution is 7.89. The van der Waals surface area contributed by atoms with Crippen LogP contribution >= 0.6 is 0 Å². The molecule has 0 unspecified atom stereocenters. The topological polar surface area (TPSA) is 101 Å². The Hall–Kier alpha value is -1.67. The van der Waals surface area contributed by atoms with Gasteiger partial charge in [-0.15, -0.1) is 0 Å². The van der Waals surface area contributed by atoms with Crippen molar-refractivity contribution in [3.05, 3.63) is 28.3 Å². The highest BCUT2D eigenvalue weighted by Gasteiger charge is 2.26. The van der Waals surface area contributed by atoms with Crippen LogP contribution in [0.4, 0.5) is 11.4 Å². The van der Waals surface area contributed by atoms with Gasteiger partial charge in [-0.05, 0) is 44.7 Å². The number of hydrogen-bond donors (Lipinski definition) is 2. The summed E-state index contributed by atoms with van der Waals surface area (Å²) in [6, 6.07) is 3.92. The van der Waals surface area contributed by atoms with Crippen molar-refractivity contribution < 1.29 is 13.3 Å². The van der Waals surface area contributed by atoms with Crippen LogP contribution in [-0.2, 0) is 10.0 Å². The predicted molar refractivity (Wildman–Crippen MR) is 93.6 cm³/mol. The van der Waals surface area contributed by atoms with Crippen LogP contribution in [0.25, 0.3) is 0 Å². The van der Waals surface area contributed by atoms with E-state index in [-0.39, 0.29) is 22.7 Å². The predicted octanol–water partition coefficient (Wildman–Crippen LogP) is 3.27. The zero-order chi connectivity index (χ0) is 17.9. The summed E-state index contributed by atoms with van der Waals surface area (Å²) in [6.45, 7) is 5.53. The number of nitrogens with one attached hydrogen (secondary N) is 2. The van der Waals surface area contributed by atoms with Gasteiger partial charge >= 0.3 is 0 Å². The summed E-state index contributed by atoms with van der Waals surface area (Å²) in [7, 11) is -3.76. The fraction of sp³-hybridized carbons (Fsp3) is 0.625. The summed E-state index contributed by atoms with van der Waals surface area (Å²) in [5, 5.41) is 14.6. The van der Waals surface area contributed by atoms with Gasteiger partial charge in [0.25, 0.3) is 5.69 Å². The van der Waals surface area contributed by atoms with Crippen molar-refractivity contribution in [2.45, 2.75) is 63.4 Å². The molecule has 0 aliphatic heterocycles. The third-order valence-corrected chi connectivity index (χ3v) is 5.98. The lowest BCUT2D eigenvalue weighted by molar-refractivity contribution is -0.384. The zero-order valence-corrected chi connectivity index (χ0v) is 15.1. The minimum Gasteiger partial charge on any atom is -0.376 e. The Balaban J connectivity index is 2.32. The summed E-state index contributed by atoms with van der Waals surface area (Å²) >= 11 is 0. The second-order valence-electron chi connectivity index (χ2n) is 6.72. The van der Waals surface area contributed by atoms with Crippen LogP contribution in [0.3, 0.4) is 0 Å². The fourth-order valence-electron chi connectivity index (χ4n) is 3.06. The number of rotatable bonds is 6. The minimum atomic E-state index is -3.76. The van der Waals surface area contributed by atoms with E-state index >= 15 is 0 Å². The Morgan fingerprint density at radius 3 is 2.50 bits per heavy atom. The van der Waals surface area contributed by atoms with Crippen LogP contribution in [0.15, 0.2) is 23.1 Å². The van der Waals surface area contributed by atoms with Gasteiger partial charge in [0.05, 0.1) is 9.82 Å². The van der Waals surface area contributed by atoms with Crippen LogP contribution < -0.4 is 10.0 Å². The van der Waals surface area contributed by atoms with Crippen LogP contribution in [0.1, 0.15) is 46.5 Å². The van der Waals surface area contributed by atoms with Crippen molar-refractivity contribution in [3.63, 3.8) is 0 Å². The number of nitrogens with zero attached hydrogens (tertiary/aromatic N) is 1. The molecule has 0 spiro atoms. The van der Waals surface area contributed by atoms with Gasteiger partial charge in [-0.1, -0.05) is 19.8 Å². The maximum absolute atomic E-state index is 12.2. The Labute approximate surface area is 143 Å². The monoisotopic (exact) mass is 355 g/mol. The molecule has 2 N–H and O–H groups in total. The van der Waals surface area contributed by atoms with Gasteiger partial charge in [0.1, 0.15) is 5.69 Å². The highest BCUT2D eigenvalue weighted by Crippen LogP contribution is 2.32. The summed E-state index contributed by atoms with van der Waals surface area (Å²) in [5.41, 5.74) is 0.168. The number of sulfonamides is 1. The molecule has 0 bridgehead atoms. The molecule has 0 amide bonds. The Morgan fingerprint density at radius 2 is 1.92 bits per heavy atom. The molecule has 1 saturated carbocycles. The van der Waals surface area contributed by atoms with E-state index in [0.717, 1.165) is 25.3 Å². The first-order valence-corrected chi connectivity index (χ1v) is 9.76. The van der Waals surface area contributed by atoms with Crippen LogP contribution in [0, 0.1) is 16.0 Å². The molecule has 134 valence electrons. The molecule has 0 saturated heterocycles. The van der Waals surface area contributed by atoms with E-state index in [1.807, 2.05) is 0 Å². The van der Waals surface area contributed by atoms with Gasteiger partial charge in [-0.3, -0.25) is 10.1 Å². The van der Waals surface area contributed by atoms with E-state index < -0.39 is 14.9 Å². The Kier molecular flexibility index (Phi) is 5.82. The fourth-order valence-corrected chi connectivity index (χ4v) is 4.33. The van der Waals surface area contributed by atoms with Gasteiger partial charge in [-0.2, -0.15) is 0 Å². The maximum atomic E-state index is 12.2. The number of hydrogen-bond acceptors (Lipinski definition) is 5. The molecule has 0 radical (unpaired) electrons. The third kappa shape index (κ3) is 4.45. The van der Waals surface area contributed by atoms with Crippen LogP contribution in [-0.4, -0.2) is 25.4 Å². The van der Waals surface area contributed by atoms with E-state index in [1.165, 1.54) is 18.6 Å². The lowest BCUT2D eigenvalue weighted by Gasteiger charge is -2.30. The first kappa shape index (κ1) is 18.7. The van der Waals surface area contributed by atoms with Crippen molar-refractivity contribution >= 4 is 21.4 Å². The second kappa shape index (κ2) is 7.48. The lowest BCUT2D eigenvalue weighted by atomic mass is 9.86. The lowest BCUT2D eigenvalue weighted by Crippen LogP contribution is -2.31. The number of nitro benzene ring substituents is 1. The van der Waals surface area contributed by atoms with Crippen LogP contribution in [0.5, 0.6) is 0 Å². The summed E-state index contributed by atoms with van der Waals surface area (Å²) in [5.74, 6) is 0.435. The molecule has 24 heavy (non-hydrogen) atoms. The van der Waals surface area contributed by atoms with E-state index in [4.69, 9.17) is 0 Å². The largest absolute Gasteiger partial charge is 0.376 e. The Bertz CT molecular complexity index is 703. The van der Waals surface area contributed by atoms with Gasteiger partial charge in [0.2, 0.25) is 10.0 Å². The SMILES string of the molecule is CC(C)NS(=O)(=O)c1ccc(N[C@H]2CCCC[C@H]2C)c([N+](=O)[O-])c1. The molecule has 0 heterocycles. The van der Waals surface area contributed by atoms with Crippen LogP contribution in [0.2, 0.25) is 0 Å². The van der Waals surface area contributed by atoms with E-state index in [9.17, 15) is 18.5 Å². The molecule has 7 nitrogen and oxygen atoms in total.